The molecule has 0 aliphatic heterocycles. The standard InChI is InChI=1S/C17H16N2O3/c20-12-15(16-7-4-10-22-16)18-17(21)13-5-3-6-14(11-13)19-8-1-2-9-19/h1-11,15,20H,12H2,(H,18,21). The normalized spacial score (nSPS) is 12.0. The molecule has 1 unspecified atom stereocenters. The highest BCUT2D eigenvalue weighted by molar-refractivity contribution is 5.95. The molecule has 0 radical (unpaired) electrons. The van der Waals surface area contributed by atoms with Gasteiger partial charge in [0.2, 0.25) is 0 Å². The molecule has 5 nitrogen and oxygen atoms in total. The predicted molar refractivity (Wildman–Crippen MR) is 81.8 cm³/mol. The Morgan fingerprint density at radius 2 is 2.00 bits per heavy atom. The van der Waals surface area contributed by atoms with Crippen LogP contribution >= 0.6 is 0 Å². The van der Waals surface area contributed by atoms with Gasteiger partial charge in [0.15, 0.2) is 0 Å². The van der Waals surface area contributed by atoms with Crippen LogP contribution in [0.5, 0.6) is 0 Å². The van der Waals surface area contributed by atoms with E-state index in [1.807, 2.05) is 41.2 Å². The summed E-state index contributed by atoms with van der Waals surface area (Å²) in [5, 5.41) is 12.2. The molecule has 112 valence electrons. The maximum Gasteiger partial charge on any atom is 0.252 e. The number of aromatic nitrogens is 1. The van der Waals surface area contributed by atoms with Crippen molar-refractivity contribution in [2.24, 2.45) is 0 Å². The minimum atomic E-state index is -0.558. The van der Waals surface area contributed by atoms with Gasteiger partial charge in [-0.2, -0.15) is 0 Å². The molecule has 22 heavy (non-hydrogen) atoms. The Kier molecular flexibility index (Phi) is 4.07. The van der Waals surface area contributed by atoms with E-state index in [9.17, 15) is 9.90 Å². The van der Waals surface area contributed by atoms with Crippen molar-refractivity contribution in [3.63, 3.8) is 0 Å². The van der Waals surface area contributed by atoms with Crippen molar-refractivity contribution in [3.8, 4) is 5.69 Å². The third-order valence-corrected chi connectivity index (χ3v) is 3.39. The molecule has 0 saturated carbocycles. The van der Waals surface area contributed by atoms with Gasteiger partial charge in [0, 0.05) is 23.6 Å². The minimum Gasteiger partial charge on any atom is -0.467 e. The lowest BCUT2D eigenvalue weighted by atomic mass is 10.1. The lowest BCUT2D eigenvalue weighted by Gasteiger charge is -2.14. The first kappa shape index (κ1) is 14.2. The Labute approximate surface area is 127 Å². The average Bonchev–Trinajstić information content (AvgIpc) is 3.25. The maximum absolute atomic E-state index is 12.4. The monoisotopic (exact) mass is 296 g/mol. The third kappa shape index (κ3) is 2.94. The number of amides is 1. The van der Waals surface area contributed by atoms with Gasteiger partial charge >= 0.3 is 0 Å². The van der Waals surface area contributed by atoms with E-state index in [0.717, 1.165) is 5.69 Å². The summed E-state index contributed by atoms with van der Waals surface area (Å²) < 4.78 is 7.15. The van der Waals surface area contributed by atoms with Crippen LogP contribution in [0.15, 0.2) is 71.6 Å². The topological polar surface area (TPSA) is 67.4 Å². The molecule has 1 amide bonds. The molecule has 1 aromatic carbocycles. The fourth-order valence-electron chi connectivity index (χ4n) is 2.25. The van der Waals surface area contributed by atoms with Crippen molar-refractivity contribution in [2.75, 3.05) is 6.61 Å². The molecule has 2 aromatic heterocycles. The number of nitrogens with zero attached hydrogens (tertiary/aromatic N) is 1. The Bertz CT molecular complexity index is 733. The Hall–Kier alpha value is -2.79. The molecule has 3 aromatic rings. The number of rotatable bonds is 5. The van der Waals surface area contributed by atoms with Crippen LogP contribution in [0, 0.1) is 0 Å². The third-order valence-electron chi connectivity index (χ3n) is 3.39. The molecule has 0 aliphatic rings. The zero-order valence-corrected chi connectivity index (χ0v) is 11.8. The fourth-order valence-corrected chi connectivity index (χ4v) is 2.25. The second kappa shape index (κ2) is 6.32. The molecule has 0 saturated heterocycles. The van der Waals surface area contributed by atoms with Crippen LogP contribution in [0.4, 0.5) is 0 Å². The molecule has 1 atom stereocenters. The predicted octanol–water partition coefficient (Wildman–Crippen LogP) is 2.53. The van der Waals surface area contributed by atoms with E-state index >= 15 is 0 Å². The van der Waals surface area contributed by atoms with Crippen molar-refractivity contribution in [2.45, 2.75) is 6.04 Å². The molecule has 0 fully saturated rings. The van der Waals surface area contributed by atoms with Gasteiger partial charge in [-0.1, -0.05) is 6.07 Å². The van der Waals surface area contributed by atoms with Crippen LogP contribution < -0.4 is 5.32 Å². The largest absolute Gasteiger partial charge is 0.467 e. The molecule has 2 heterocycles. The first-order chi connectivity index (χ1) is 10.8. The molecular formula is C17H16N2O3. The molecule has 5 heteroatoms. The first-order valence-corrected chi connectivity index (χ1v) is 6.96. The van der Waals surface area contributed by atoms with Crippen LogP contribution in [0.3, 0.4) is 0 Å². The van der Waals surface area contributed by atoms with Crippen LogP contribution in [-0.4, -0.2) is 22.2 Å². The second-order valence-corrected chi connectivity index (χ2v) is 4.86. The van der Waals surface area contributed by atoms with Gasteiger partial charge in [-0.3, -0.25) is 4.79 Å². The zero-order chi connectivity index (χ0) is 15.4. The van der Waals surface area contributed by atoms with Crippen molar-refractivity contribution in [3.05, 3.63) is 78.5 Å². The van der Waals surface area contributed by atoms with Gasteiger partial charge in [0.05, 0.1) is 12.9 Å². The highest BCUT2D eigenvalue weighted by Crippen LogP contribution is 2.15. The SMILES string of the molecule is O=C(NC(CO)c1ccco1)c1cccc(-n2cccc2)c1. The lowest BCUT2D eigenvalue weighted by molar-refractivity contribution is 0.0907. The van der Waals surface area contributed by atoms with E-state index in [4.69, 9.17) is 4.42 Å². The van der Waals surface area contributed by atoms with Crippen LogP contribution in [0.2, 0.25) is 0 Å². The van der Waals surface area contributed by atoms with Gasteiger partial charge in [0.1, 0.15) is 11.8 Å². The smallest absolute Gasteiger partial charge is 0.252 e. The Morgan fingerprint density at radius 1 is 1.18 bits per heavy atom. The van der Waals surface area contributed by atoms with Gasteiger partial charge in [-0.25, -0.2) is 0 Å². The number of carbonyl (C=O) groups is 1. The Balaban J connectivity index is 1.79. The maximum atomic E-state index is 12.4. The van der Waals surface area contributed by atoms with Gasteiger partial charge in [-0.15, -0.1) is 0 Å². The molecule has 0 bridgehead atoms. The zero-order valence-electron chi connectivity index (χ0n) is 11.8. The van der Waals surface area contributed by atoms with Gasteiger partial charge in [-0.05, 0) is 42.5 Å². The number of hydrogen-bond acceptors (Lipinski definition) is 3. The lowest BCUT2D eigenvalue weighted by Crippen LogP contribution is -2.30. The van der Waals surface area contributed by atoms with E-state index in [0.29, 0.717) is 11.3 Å². The van der Waals surface area contributed by atoms with E-state index in [-0.39, 0.29) is 12.5 Å². The van der Waals surface area contributed by atoms with E-state index in [2.05, 4.69) is 5.32 Å². The van der Waals surface area contributed by atoms with E-state index in [1.54, 1.807) is 24.3 Å². The van der Waals surface area contributed by atoms with E-state index < -0.39 is 6.04 Å². The second-order valence-electron chi connectivity index (χ2n) is 4.86. The number of aliphatic hydroxyl groups is 1. The molecule has 0 aliphatic carbocycles. The number of benzene rings is 1. The summed E-state index contributed by atoms with van der Waals surface area (Å²) in [4.78, 5) is 12.4. The minimum absolute atomic E-state index is 0.226. The number of nitrogens with one attached hydrogen (secondary N) is 1. The van der Waals surface area contributed by atoms with Crippen molar-refractivity contribution < 1.29 is 14.3 Å². The van der Waals surface area contributed by atoms with Crippen molar-refractivity contribution in [1.82, 2.24) is 9.88 Å². The highest BCUT2D eigenvalue weighted by atomic mass is 16.3. The number of carbonyl (C=O) groups excluding carboxylic acids is 1. The summed E-state index contributed by atoms with van der Waals surface area (Å²) in [6.07, 6.45) is 5.34. The summed E-state index contributed by atoms with van der Waals surface area (Å²) in [6, 6.07) is 14.0. The number of furan rings is 1. The summed E-state index contributed by atoms with van der Waals surface area (Å²) >= 11 is 0. The van der Waals surface area contributed by atoms with E-state index in [1.165, 1.54) is 6.26 Å². The van der Waals surface area contributed by atoms with Crippen molar-refractivity contribution in [1.29, 1.82) is 0 Å². The quantitative estimate of drug-likeness (QED) is 0.760. The van der Waals surface area contributed by atoms with Gasteiger partial charge < -0.3 is 19.4 Å². The fraction of sp³-hybridized carbons (Fsp3) is 0.118. The number of aliphatic hydroxyl groups excluding tert-OH is 1. The summed E-state index contributed by atoms with van der Waals surface area (Å²) in [7, 11) is 0. The molecule has 2 N–H and O–H groups in total. The summed E-state index contributed by atoms with van der Waals surface area (Å²) in [5.74, 6) is 0.266. The van der Waals surface area contributed by atoms with Crippen LogP contribution in [0.25, 0.3) is 5.69 Å². The summed E-state index contributed by atoms with van der Waals surface area (Å²) in [5.41, 5.74) is 1.42. The van der Waals surface area contributed by atoms with Crippen molar-refractivity contribution >= 4 is 5.91 Å². The Morgan fingerprint density at radius 3 is 2.68 bits per heavy atom. The first-order valence-electron chi connectivity index (χ1n) is 6.96. The van der Waals surface area contributed by atoms with Crippen LogP contribution in [-0.2, 0) is 0 Å². The highest BCUT2D eigenvalue weighted by Gasteiger charge is 2.17. The average molecular weight is 296 g/mol. The number of hydrogen-bond donors (Lipinski definition) is 2. The molecular weight excluding hydrogens is 280 g/mol. The van der Waals surface area contributed by atoms with Crippen LogP contribution in [0.1, 0.15) is 22.2 Å². The van der Waals surface area contributed by atoms with Gasteiger partial charge in [0.25, 0.3) is 5.91 Å². The molecule has 0 spiro atoms. The summed E-state index contributed by atoms with van der Waals surface area (Å²) in [6.45, 7) is -0.226. The molecule has 3 rings (SSSR count).